The number of carbonyl (C=O) groups is 1. The molecule has 0 saturated carbocycles. The van der Waals surface area contributed by atoms with Crippen LogP contribution in [0.5, 0.6) is 0 Å². The molecule has 2 aromatic rings. The van der Waals surface area contributed by atoms with E-state index < -0.39 is 23.8 Å². The molecule has 0 aliphatic carbocycles. The fourth-order valence-electron chi connectivity index (χ4n) is 2.29. The molecule has 4 nitrogen and oxygen atoms in total. The molecule has 0 heterocycles. The molecular formula is C17H14F3NO3. The van der Waals surface area contributed by atoms with Crippen LogP contribution in [0.15, 0.2) is 53.7 Å². The van der Waals surface area contributed by atoms with Gasteiger partial charge < -0.3 is 5.11 Å². The van der Waals surface area contributed by atoms with Gasteiger partial charge in [0.15, 0.2) is 0 Å². The number of alkyl halides is 3. The Hall–Kier alpha value is -2.70. The van der Waals surface area contributed by atoms with Crippen molar-refractivity contribution in [1.29, 1.82) is 0 Å². The zero-order chi connectivity index (χ0) is 17.7. The van der Waals surface area contributed by atoms with Gasteiger partial charge in [-0.3, -0.25) is 4.79 Å². The summed E-state index contributed by atoms with van der Waals surface area (Å²) in [7, 11) is 0. The Morgan fingerprint density at radius 1 is 1.00 bits per heavy atom. The number of aliphatic carboxylic acids is 1. The number of hydrogen-bond acceptors (Lipinski definition) is 3. The third kappa shape index (κ3) is 4.41. The highest BCUT2D eigenvalue weighted by Gasteiger charge is 2.29. The molecule has 1 N–H and O–H groups in total. The summed E-state index contributed by atoms with van der Waals surface area (Å²) >= 11 is 0. The Morgan fingerprint density at radius 2 is 1.50 bits per heavy atom. The molecule has 24 heavy (non-hydrogen) atoms. The van der Waals surface area contributed by atoms with Gasteiger partial charge in [-0.15, -0.1) is 0 Å². The number of benzene rings is 2. The van der Waals surface area contributed by atoms with Crippen molar-refractivity contribution in [1.82, 2.24) is 0 Å². The maximum Gasteiger partial charge on any atom is 0.416 e. The number of nitrogens with zero attached hydrogens (tertiary/aromatic N) is 1. The summed E-state index contributed by atoms with van der Waals surface area (Å²) in [5, 5.41) is 11.6. The first-order chi connectivity index (χ1) is 11.3. The summed E-state index contributed by atoms with van der Waals surface area (Å²) in [5.74, 6) is -1.01. The molecule has 0 aliphatic heterocycles. The monoisotopic (exact) mass is 337 g/mol. The Kier molecular flexibility index (Phi) is 5.33. The zero-order valence-corrected chi connectivity index (χ0v) is 12.5. The average molecular weight is 337 g/mol. The molecule has 0 aromatic heterocycles. The maximum atomic E-state index is 12.6. The molecule has 7 heteroatoms. The number of carboxylic acids is 1. The Labute approximate surface area is 135 Å². The van der Waals surface area contributed by atoms with E-state index in [0.29, 0.717) is 16.7 Å². The molecule has 1 unspecified atom stereocenters. The van der Waals surface area contributed by atoms with Crippen LogP contribution >= 0.6 is 0 Å². The molecule has 0 bridgehead atoms. The minimum absolute atomic E-state index is 0.0957. The number of carboxylic acid groups (broad SMARTS) is 1. The summed E-state index contributed by atoms with van der Waals surface area (Å²) in [6.07, 6.45) is -4.45. The lowest BCUT2D eigenvalue weighted by Gasteiger charge is -2.10. The van der Waals surface area contributed by atoms with E-state index in [9.17, 15) is 22.9 Å². The van der Waals surface area contributed by atoms with Crippen molar-refractivity contribution in [3.05, 3.63) is 64.6 Å². The third-order valence-electron chi connectivity index (χ3n) is 3.60. The lowest BCUT2D eigenvalue weighted by molar-refractivity contribution is -0.138. The molecular weight excluding hydrogens is 323 g/mol. The van der Waals surface area contributed by atoms with Gasteiger partial charge in [0.1, 0.15) is 6.04 Å². The highest BCUT2D eigenvalue weighted by atomic mass is 19.4. The third-order valence-corrected chi connectivity index (χ3v) is 3.60. The second-order valence-electron chi connectivity index (χ2n) is 5.25. The molecule has 1 atom stereocenters. The fraction of sp³-hybridized carbons (Fsp3) is 0.235. The highest BCUT2D eigenvalue weighted by Crippen LogP contribution is 2.31. The van der Waals surface area contributed by atoms with Gasteiger partial charge in [-0.1, -0.05) is 41.6 Å². The van der Waals surface area contributed by atoms with Crippen molar-refractivity contribution < 1.29 is 23.1 Å². The Bertz CT molecular complexity index is 709. The van der Waals surface area contributed by atoms with Gasteiger partial charge in [0.25, 0.3) is 0 Å². The van der Waals surface area contributed by atoms with E-state index in [1.807, 2.05) is 0 Å². The minimum atomic E-state index is -4.38. The highest BCUT2D eigenvalue weighted by molar-refractivity contribution is 5.67. The van der Waals surface area contributed by atoms with Crippen LogP contribution in [0.4, 0.5) is 13.2 Å². The predicted molar refractivity (Wildman–Crippen MR) is 82.3 cm³/mol. The van der Waals surface area contributed by atoms with E-state index in [4.69, 9.17) is 5.11 Å². The fourth-order valence-corrected chi connectivity index (χ4v) is 2.29. The Balaban J connectivity index is 2.16. The summed E-state index contributed by atoms with van der Waals surface area (Å²) in [6.45, 7) is 0. The van der Waals surface area contributed by atoms with Crippen molar-refractivity contribution in [3.63, 3.8) is 0 Å². The average Bonchev–Trinajstić information content (AvgIpc) is 2.55. The van der Waals surface area contributed by atoms with E-state index in [-0.39, 0.29) is 12.8 Å². The summed E-state index contributed by atoms with van der Waals surface area (Å²) in [6, 6.07) is 10.6. The molecule has 0 aliphatic rings. The zero-order valence-electron chi connectivity index (χ0n) is 12.5. The summed E-state index contributed by atoms with van der Waals surface area (Å²) in [4.78, 5) is 21.4. The van der Waals surface area contributed by atoms with Crippen LogP contribution in [0.25, 0.3) is 11.1 Å². The van der Waals surface area contributed by atoms with Crippen LogP contribution in [0.2, 0.25) is 0 Å². The summed E-state index contributed by atoms with van der Waals surface area (Å²) in [5.41, 5.74) is 1.15. The largest absolute Gasteiger partial charge is 0.481 e. The smallest absolute Gasteiger partial charge is 0.416 e. The van der Waals surface area contributed by atoms with Gasteiger partial charge in [0.2, 0.25) is 0 Å². The van der Waals surface area contributed by atoms with Gasteiger partial charge in [-0.25, -0.2) is 0 Å². The Morgan fingerprint density at radius 3 is 1.92 bits per heavy atom. The lowest BCUT2D eigenvalue weighted by atomic mass is 9.98. The van der Waals surface area contributed by atoms with Crippen LogP contribution in [-0.4, -0.2) is 11.1 Å². The topological polar surface area (TPSA) is 66.7 Å². The number of halogens is 3. The van der Waals surface area contributed by atoms with Gasteiger partial charge in [-0.05, 0) is 35.2 Å². The van der Waals surface area contributed by atoms with Crippen molar-refractivity contribution in [2.75, 3.05) is 0 Å². The van der Waals surface area contributed by atoms with Gasteiger partial charge in [0, 0.05) is 6.42 Å². The van der Waals surface area contributed by atoms with E-state index in [1.165, 1.54) is 12.1 Å². The van der Waals surface area contributed by atoms with Crippen molar-refractivity contribution >= 4 is 5.97 Å². The second kappa shape index (κ2) is 7.25. The molecule has 2 rings (SSSR count). The molecule has 0 fully saturated rings. The number of rotatable bonds is 6. The van der Waals surface area contributed by atoms with E-state index in [0.717, 1.165) is 12.1 Å². The van der Waals surface area contributed by atoms with E-state index in [1.54, 1.807) is 24.3 Å². The molecule has 0 radical (unpaired) electrons. The standard InChI is InChI=1S/C17H14F3NO3/c18-17(19,20)14-7-5-12(6-8-14)11-1-3-13(4-2-11)15(21-24)9-10-16(22)23/h1-8,15H,9-10H2,(H,22,23). The van der Waals surface area contributed by atoms with E-state index >= 15 is 0 Å². The molecule has 0 spiro atoms. The normalized spacial score (nSPS) is 12.6. The van der Waals surface area contributed by atoms with Crippen LogP contribution in [0, 0.1) is 4.91 Å². The molecule has 0 amide bonds. The second-order valence-corrected chi connectivity index (χ2v) is 5.25. The quantitative estimate of drug-likeness (QED) is 0.751. The number of hydrogen-bond donors (Lipinski definition) is 1. The number of nitroso groups, excluding NO2 is 1. The molecule has 0 saturated heterocycles. The molecule has 126 valence electrons. The van der Waals surface area contributed by atoms with Crippen LogP contribution < -0.4 is 0 Å². The van der Waals surface area contributed by atoms with Crippen molar-refractivity contribution in [2.24, 2.45) is 5.18 Å². The first-order valence-corrected chi connectivity index (χ1v) is 7.13. The lowest BCUT2D eigenvalue weighted by Crippen LogP contribution is -2.04. The van der Waals surface area contributed by atoms with Crippen molar-refractivity contribution in [3.8, 4) is 11.1 Å². The maximum absolute atomic E-state index is 12.6. The first-order valence-electron chi connectivity index (χ1n) is 7.13. The van der Waals surface area contributed by atoms with E-state index in [2.05, 4.69) is 5.18 Å². The SMILES string of the molecule is O=NC(CCC(=O)O)c1ccc(-c2ccc(C(F)(F)F)cc2)cc1. The van der Waals surface area contributed by atoms with Crippen LogP contribution in [0.3, 0.4) is 0 Å². The van der Waals surface area contributed by atoms with Crippen LogP contribution in [-0.2, 0) is 11.0 Å². The van der Waals surface area contributed by atoms with Gasteiger partial charge in [-0.2, -0.15) is 18.1 Å². The predicted octanol–water partition coefficient (Wildman–Crippen LogP) is 5.04. The minimum Gasteiger partial charge on any atom is -0.481 e. The van der Waals surface area contributed by atoms with Crippen molar-refractivity contribution in [2.45, 2.75) is 25.1 Å². The van der Waals surface area contributed by atoms with Gasteiger partial charge in [0.05, 0.1) is 5.56 Å². The van der Waals surface area contributed by atoms with Gasteiger partial charge >= 0.3 is 12.1 Å². The molecule has 2 aromatic carbocycles. The summed E-state index contributed by atoms with van der Waals surface area (Å²) < 4.78 is 37.7. The first kappa shape index (κ1) is 17.7. The van der Waals surface area contributed by atoms with Crippen LogP contribution in [0.1, 0.15) is 30.0 Å².